The molecule has 4 nitrogen and oxygen atoms in total. The van der Waals surface area contributed by atoms with Crippen molar-refractivity contribution in [3.63, 3.8) is 0 Å². The molecular weight excluding hydrogens is 226 g/mol. The number of fused-ring (bicyclic) bond motifs is 1. The molecule has 1 atom stereocenters. The second kappa shape index (κ2) is 4.46. The zero-order valence-corrected chi connectivity index (χ0v) is 10.5. The maximum absolute atomic E-state index is 6.01. The molecule has 18 heavy (non-hydrogen) atoms. The van der Waals surface area contributed by atoms with E-state index in [2.05, 4.69) is 17.2 Å². The lowest BCUT2D eigenvalue weighted by Gasteiger charge is -2.08. The van der Waals surface area contributed by atoms with Crippen molar-refractivity contribution in [3.05, 3.63) is 47.3 Å². The number of ether oxygens (including phenoxy) is 1. The number of aromatic nitrogens is 2. The first-order valence-electron chi connectivity index (χ1n) is 6.22. The van der Waals surface area contributed by atoms with E-state index in [0.29, 0.717) is 6.61 Å². The predicted molar refractivity (Wildman–Crippen MR) is 69.2 cm³/mol. The van der Waals surface area contributed by atoms with E-state index in [9.17, 15) is 0 Å². The number of nitrogens with two attached hydrogens (primary N) is 1. The summed E-state index contributed by atoms with van der Waals surface area (Å²) < 4.78 is 7.53. The van der Waals surface area contributed by atoms with Gasteiger partial charge in [-0.05, 0) is 42.2 Å². The molecule has 2 N–H and O–H groups in total. The molecule has 2 aromatic rings. The van der Waals surface area contributed by atoms with E-state index < -0.39 is 0 Å². The number of nitrogens with zero attached hydrogens (tertiary/aromatic N) is 2. The summed E-state index contributed by atoms with van der Waals surface area (Å²) in [5, 5.41) is 4.28. The molecule has 1 aliphatic carbocycles. The highest BCUT2D eigenvalue weighted by molar-refractivity contribution is 5.40. The SMILES string of the molecule is Cn1ccc(COc2ccc3c(c2)CCC3N)n1. The highest BCUT2D eigenvalue weighted by atomic mass is 16.5. The van der Waals surface area contributed by atoms with Crippen LogP contribution in [0.5, 0.6) is 5.75 Å². The van der Waals surface area contributed by atoms with E-state index in [1.807, 2.05) is 25.4 Å². The third kappa shape index (κ3) is 2.11. The van der Waals surface area contributed by atoms with Crippen LogP contribution in [-0.2, 0) is 20.1 Å². The zero-order chi connectivity index (χ0) is 12.5. The van der Waals surface area contributed by atoms with Crippen LogP contribution in [0.1, 0.15) is 29.3 Å². The Morgan fingerprint density at radius 1 is 1.44 bits per heavy atom. The Hall–Kier alpha value is -1.81. The molecule has 0 saturated heterocycles. The molecule has 0 amide bonds. The molecule has 94 valence electrons. The van der Waals surface area contributed by atoms with Crippen LogP contribution in [0.25, 0.3) is 0 Å². The van der Waals surface area contributed by atoms with Crippen LogP contribution in [-0.4, -0.2) is 9.78 Å². The maximum atomic E-state index is 6.01. The van der Waals surface area contributed by atoms with Crippen LogP contribution in [0.15, 0.2) is 30.5 Å². The molecule has 0 aliphatic heterocycles. The average molecular weight is 243 g/mol. The predicted octanol–water partition coefficient (Wildman–Crippen LogP) is 1.95. The fourth-order valence-corrected chi connectivity index (χ4v) is 2.41. The quantitative estimate of drug-likeness (QED) is 0.896. The zero-order valence-electron chi connectivity index (χ0n) is 10.5. The van der Waals surface area contributed by atoms with Crippen LogP contribution in [0, 0.1) is 0 Å². The van der Waals surface area contributed by atoms with Gasteiger partial charge in [-0.25, -0.2) is 0 Å². The summed E-state index contributed by atoms with van der Waals surface area (Å²) in [5.41, 5.74) is 9.53. The van der Waals surface area contributed by atoms with Crippen molar-refractivity contribution in [2.75, 3.05) is 0 Å². The van der Waals surface area contributed by atoms with Crippen LogP contribution in [0.4, 0.5) is 0 Å². The van der Waals surface area contributed by atoms with Gasteiger partial charge < -0.3 is 10.5 Å². The van der Waals surface area contributed by atoms with E-state index in [0.717, 1.165) is 24.3 Å². The summed E-state index contributed by atoms with van der Waals surface area (Å²) in [6, 6.07) is 8.34. The van der Waals surface area contributed by atoms with Crippen molar-refractivity contribution in [1.82, 2.24) is 9.78 Å². The average Bonchev–Trinajstić information content (AvgIpc) is 2.94. The standard InChI is InChI=1S/C14H17N3O/c1-17-7-6-11(16-17)9-18-12-3-4-13-10(8-12)2-5-14(13)15/h3-4,6-8,14H,2,5,9,15H2,1H3. The van der Waals surface area contributed by atoms with Crippen LogP contribution < -0.4 is 10.5 Å². The van der Waals surface area contributed by atoms with Crippen molar-refractivity contribution >= 4 is 0 Å². The van der Waals surface area contributed by atoms with Crippen molar-refractivity contribution in [2.24, 2.45) is 12.8 Å². The van der Waals surface area contributed by atoms with Crippen LogP contribution in [0.2, 0.25) is 0 Å². The highest BCUT2D eigenvalue weighted by Gasteiger charge is 2.19. The Kier molecular flexibility index (Phi) is 2.80. The van der Waals surface area contributed by atoms with Gasteiger partial charge in [0.1, 0.15) is 12.4 Å². The van der Waals surface area contributed by atoms with E-state index in [4.69, 9.17) is 10.5 Å². The normalized spacial score (nSPS) is 17.8. The first kappa shape index (κ1) is 11.3. The van der Waals surface area contributed by atoms with Crippen molar-refractivity contribution in [3.8, 4) is 5.75 Å². The Balaban J connectivity index is 1.70. The third-order valence-corrected chi connectivity index (χ3v) is 3.39. The Bertz CT molecular complexity index is 562. The van der Waals surface area contributed by atoms with Gasteiger partial charge >= 0.3 is 0 Å². The van der Waals surface area contributed by atoms with Crippen LogP contribution in [0.3, 0.4) is 0 Å². The smallest absolute Gasteiger partial charge is 0.132 e. The second-order valence-electron chi connectivity index (χ2n) is 4.78. The third-order valence-electron chi connectivity index (χ3n) is 3.39. The van der Waals surface area contributed by atoms with Gasteiger partial charge in [0.25, 0.3) is 0 Å². The molecule has 1 unspecified atom stereocenters. The molecule has 3 rings (SSSR count). The van der Waals surface area contributed by atoms with Crippen LogP contribution >= 0.6 is 0 Å². The van der Waals surface area contributed by atoms with Crippen molar-refractivity contribution in [2.45, 2.75) is 25.5 Å². The Morgan fingerprint density at radius 2 is 2.33 bits per heavy atom. The molecule has 1 aliphatic rings. The molecule has 0 radical (unpaired) electrons. The molecule has 0 fully saturated rings. The summed E-state index contributed by atoms with van der Waals surface area (Å²) in [6.07, 6.45) is 4.01. The first-order valence-corrected chi connectivity index (χ1v) is 6.22. The van der Waals surface area contributed by atoms with E-state index in [1.54, 1.807) is 4.68 Å². The summed E-state index contributed by atoms with van der Waals surface area (Å²) in [6.45, 7) is 0.506. The first-order chi connectivity index (χ1) is 8.72. The molecular formula is C14H17N3O. The molecule has 1 heterocycles. The highest BCUT2D eigenvalue weighted by Crippen LogP contribution is 2.31. The van der Waals surface area contributed by atoms with Gasteiger partial charge in [-0.3, -0.25) is 4.68 Å². The van der Waals surface area contributed by atoms with Gasteiger partial charge in [-0.1, -0.05) is 6.07 Å². The number of benzene rings is 1. The van der Waals surface area contributed by atoms with Gasteiger partial charge in [0.15, 0.2) is 0 Å². The molecule has 1 aromatic heterocycles. The summed E-state index contributed by atoms with van der Waals surface area (Å²) in [4.78, 5) is 0. The molecule has 0 saturated carbocycles. The van der Waals surface area contributed by atoms with Crippen molar-refractivity contribution < 1.29 is 4.74 Å². The largest absolute Gasteiger partial charge is 0.487 e. The van der Waals surface area contributed by atoms with E-state index >= 15 is 0 Å². The lowest BCUT2D eigenvalue weighted by Crippen LogP contribution is -2.05. The van der Waals surface area contributed by atoms with Gasteiger partial charge in [0, 0.05) is 19.3 Å². The fourth-order valence-electron chi connectivity index (χ4n) is 2.41. The fraction of sp³-hybridized carbons (Fsp3) is 0.357. The summed E-state index contributed by atoms with van der Waals surface area (Å²) in [7, 11) is 1.90. The molecule has 1 aromatic carbocycles. The second-order valence-corrected chi connectivity index (χ2v) is 4.78. The monoisotopic (exact) mass is 243 g/mol. The summed E-state index contributed by atoms with van der Waals surface area (Å²) in [5.74, 6) is 0.897. The Labute approximate surface area is 106 Å². The maximum Gasteiger partial charge on any atom is 0.132 e. The summed E-state index contributed by atoms with van der Waals surface area (Å²) >= 11 is 0. The molecule has 0 bridgehead atoms. The molecule has 4 heteroatoms. The van der Waals surface area contributed by atoms with Gasteiger partial charge in [0.05, 0.1) is 5.69 Å². The van der Waals surface area contributed by atoms with E-state index in [1.165, 1.54) is 11.1 Å². The lowest BCUT2D eigenvalue weighted by atomic mass is 10.1. The molecule has 0 spiro atoms. The number of rotatable bonds is 3. The van der Waals surface area contributed by atoms with Gasteiger partial charge in [0.2, 0.25) is 0 Å². The minimum Gasteiger partial charge on any atom is -0.487 e. The number of aryl methyl sites for hydroxylation is 2. The number of hydrogen-bond acceptors (Lipinski definition) is 3. The number of hydrogen-bond donors (Lipinski definition) is 1. The van der Waals surface area contributed by atoms with Gasteiger partial charge in [-0.2, -0.15) is 5.10 Å². The topological polar surface area (TPSA) is 53.1 Å². The van der Waals surface area contributed by atoms with E-state index in [-0.39, 0.29) is 6.04 Å². The van der Waals surface area contributed by atoms with Gasteiger partial charge in [-0.15, -0.1) is 0 Å². The minimum absolute atomic E-state index is 0.199. The minimum atomic E-state index is 0.199. The lowest BCUT2D eigenvalue weighted by molar-refractivity contribution is 0.300. The Morgan fingerprint density at radius 3 is 3.11 bits per heavy atom. The van der Waals surface area contributed by atoms with Crippen molar-refractivity contribution in [1.29, 1.82) is 0 Å².